The van der Waals surface area contributed by atoms with Crippen LogP contribution in [0.5, 0.6) is 0 Å². The van der Waals surface area contributed by atoms with Gasteiger partial charge in [0.2, 0.25) is 5.95 Å². The largest absolute Gasteiger partial charge is 0.416 e. The molecule has 0 aliphatic carbocycles. The average molecular weight is 532 g/mol. The first-order chi connectivity index (χ1) is 17.8. The van der Waals surface area contributed by atoms with E-state index in [0.717, 1.165) is 6.07 Å². The molecule has 0 radical (unpaired) electrons. The van der Waals surface area contributed by atoms with Crippen molar-refractivity contribution in [3.63, 3.8) is 0 Å². The number of ether oxygens (including phenoxy) is 1. The van der Waals surface area contributed by atoms with Crippen molar-refractivity contribution < 1.29 is 22.7 Å². The van der Waals surface area contributed by atoms with Gasteiger partial charge in [0.25, 0.3) is 0 Å². The van der Waals surface area contributed by atoms with Crippen LogP contribution in [0, 0.1) is 0 Å². The molecule has 9 nitrogen and oxygen atoms in total. The van der Waals surface area contributed by atoms with Crippen LogP contribution in [0.1, 0.15) is 51.8 Å². The van der Waals surface area contributed by atoms with E-state index in [-0.39, 0.29) is 41.4 Å². The first-order valence-electron chi connectivity index (χ1n) is 12.3. The number of nitrogens with zero attached hydrogens (tertiary/aromatic N) is 5. The fourth-order valence-corrected chi connectivity index (χ4v) is 4.01. The van der Waals surface area contributed by atoms with Crippen LogP contribution in [0.2, 0.25) is 0 Å². The molecule has 38 heavy (non-hydrogen) atoms. The number of hydrogen-bond acceptors (Lipinski definition) is 6. The molecule has 0 spiro atoms. The molecular weight excluding hydrogens is 499 g/mol. The van der Waals surface area contributed by atoms with E-state index in [1.54, 1.807) is 29.2 Å². The molecule has 204 valence electrons. The number of benzene rings is 1. The topological polar surface area (TPSA) is 97.2 Å². The molecule has 0 saturated carbocycles. The van der Waals surface area contributed by atoms with Gasteiger partial charge in [0, 0.05) is 30.5 Å². The Balaban J connectivity index is 1.45. The third kappa shape index (κ3) is 6.80. The van der Waals surface area contributed by atoms with Crippen LogP contribution in [0.3, 0.4) is 0 Å². The first kappa shape index (κ1) is 27.4. The lowest BCUT2D eigenvalue weighted by atomic mass is 10.0. The summed E-state index contributed by atoms with van der Waals surface area (Å²) in [5, 5.41) is 9.86. The maximum atomic E-state index is 14.0. The van der Waals surface area contributed by atoms with Crippen molar-refractivity contribution in [1.82, 2.24) is 30.0 Å². The van der Waals surface area contributed by atoms with Crippen LogP contribution < -0.4 is 10.6 Å². The monoisotopic (exact) mass is 531 g/mol. The number of carbonyl (C=O) groups excluding carboxylic acids is 1. The van der Waals surface area contributed by atoms with Gasteiger partial charge in [-0.15, -0.1) is 0 Å². The van der Waals surface area contributed by atoms with Gasteiger partial charge in [-0.3, -0.25) is 4.68 Å². The van der Waals surface area contributed by atoms with Crippen molar-refractivity contribution >= 4 is 17.7 Å². The van der Waals surface area contributed by atoms with E-state index in [1.807, 2.05) is 34.6 Å². The second-order valence-electron chi connectivity index (χ2n) is 10.5. The highest BCUT2D eigenvalue weighted by atomic mass is 19.4. The number of rotatable bonds is 7. The lowest BCUT2D eigenvalue weighted by molar-refractivity contribution is -0.138. The fraction of sp³-hybridized carbons (Fsp3) is 0.462. The summed E-state index contributed by atoms with van der Waals surface area (Å²) in [6.45, 7) is 10.3. The van der Waals surface area contributed by atoms with E-state index < -0.39 is 17.8 Å². The van der Waals surface area contributed by atoms with Crippen molar-refractivity contribution in [2.45, 2.75) is 65.1 Å². The number of urea groups is 1. The SMILES string of the molecule is CC(C)n1cc(Nc2nccc(-c3ccc(CNC(=O)N4CC(OC(C)(C)C)C4)c(C(F)(F)F)c3)n2)cn1. The van der Waals surface area contributed by atoms with E-state index in [1.165, 1.54) is 17.2 Å². The van der Waals surface area contributed by atoms with Crippen molar-refractivity contribution in [1.29, 1.82) is 0 Å². The smallest absolute Gasteiger partial charge is 0.369 e. The molecule has 1 aromatic carbocycles. The number of nitrogens with one attached hydrogen (secondary N) is 2. The van der Waals surface area contributed by atoms with E-state index in [2.05, 4.69) is 25.7 Å². The minimum absolute atomic E-state index is 0.0360. The molecule has 1 saturated heterocycles. The Labute approximate surface area is 219 Å². The van der Waals surface area contributed by atoms with Gasteiger partial charge in [-0.25, -0.2) is 14.8 Å². The number of likely N-dealkylation sites (tertiary alicyclic amines) is 1. The zero-order valence-electron chi connectivity index (χ0n) is 22.0. The molecule has 4 rings (SSSR count). The van der Waals surface area contributed by atoms with E-state index in [4.69, 9.17) is 4.74 Å². The highest BCUT2D eigenvalue weighted by Crippen LogP contribution is 2.35. The normalized spacial score (nSPS) is 14.5. The van der Waals surface area contributed by atoms with Crippen molar-refractivity contribution in [3.05, 3.63) is 54.0 Å². The van der Waals surface area contributed by atoms with Crippen LogP contribution in [0.15, 0.2) is 42.9 Å². The van der Waals surface area contributed by atoms with Gasteiger partial charge in [-0.2, -0.15) is 18.3 Å². The van der Waals surface area contributed by atoms with Gasteiger partial charge in [0.1, 0.15) is 0 Å². The van der Waals surface area contributed by atoms with Crippen molar-refractivity contribution in [2.24, 2.45) is 0 Å². The predicted molar refractivity (Wildman–Crippen MR) is 137 cm³/mol. The van der Waals surface area contributed by atoms with E-state index in [0.29, 0.717) is 24.5 Å². The molecule has 0 bridgehead atoms. The lowest BCUT2D eigenvalue weighted by Gasteiger charge is -2.41. The minimum Gasteiger partial charge on any atom is -0.369 e. The van der Waals surface area contributed by atoms with Gasteiger partial charge >= 0.3 is 12.2 Å². The maximum Gasteiger partial charge on any atom is 0.416 e. The molecule has 2 N–H and O–H groups in total. The first-order valence-corrected chi connectivity index (χ1v) is 12.3. The fourth-order valence-electron chi connectivity index (χ4n) is 4.01. The average Bonchev–Trinajstić information content (AvgIpc) is 3.27. The quantitative estimate of drug-likeness (QED) is 0.424. The standard InChI is InChI=1S/C26H32F3N7O2/c1-16(2)36-13-19(12-32-36)33-23-30-9-8-22(34-23)17-6-7-18(21(10-17)26(27,28)29)11-31-24(37)35-14-20(15-35)38-25(3,4)5/h6-10,12-13,16,20H,11,14-15H2,1-5H3,(H,31,37)(H,30,33,34). The minimum atomic E-state index is -4.61. The Morgan fingerprint density at radius 1 is 1.18 bits per heavy atom. The molecule has 2 aromatic heterocycles. The Morgan fingerprint density at radius 2 is 1.92 bits per heavy atom. The highest BCUT2D eigenvalue weighted by molar-refractivity contribution is 5.75. The van der Waals surface area contributed by atoms with Crippen molar-refractivity contribution in [3.8, 4) is 11.3 Å². The Morgan fingerprint density at radius 3 is 2.55 bits per heavy atom. The number of alkyl halides is 3. The van der Waals surface area contributed by atoms with Crippen LogP contribution in [0.25, 0.3) is 11.3 Å². The number of halogens is 3. The third-order valence-electron chi connectivity index (χ3n) is 5.84. The van der Waals surface area contributed by atoms with Gasteiger partial charge < -0.3 is 20.3 Å². The Kier molecular flexibility index (Phi) is 7.63. The molecular formula is C26H32F3N7O2. The summed E-state index contributed by atoms with van der Waals surface area (Å²) in [4.78, 5) is 22.5. The molecule has 0 atom stereocenters. The molecule has 3 heterocycles. The Bertz CT molecular complexity index is 1280. The number of carbonyl (C=O) groups is 1. The predicted octanol–water partition coefficient (Wildman–Crippen LogP) is 5.39. The number of aromatic nitrogens is 4. The summed E-state index contributed by atoms with van der Waals surface area (Å²) in [5.74, 6) is 0.235. The van der Waals surface area contributed by atoms with Gasteiger partial charge in [0.05, 0.1) is 47.9 Å². The molecule has 1 aliphatic heterocycles. The van der Waals surface area contributed by atoms with Crippen LogP contribution >= 0.6 is 0 Å². The summed E-state index contributed by atoms with van der Waals surface area (Å²) < 4.78 is 49.4. The Hall–Kier alpha value is -3.67. The molecule has 12 heteroatoms. The number of anilines is 2. The summed E-state index contributed by atoms with van der Waals surface area (Å²) in [6.07, 6.45) is 0.201. The van der Waals surface area contributed by atoms with E-state index in [9.17, 15) is 18.0 Å². The summed E-state index contributed by atoms with van der Waals surface area (Å²) in [6, 6.07) is 5.25. The van der Waals surface area contributed by atoms with Crippen LogP contribution in [0.4, 0.5) is 29.6 Å². The molecule has 1 fully saturated rings. The molecule has 0 unspecified atom stereocenters. The second kappa shape index (κ2) is 10.6. The van der Waals surface area contributed by atoms with Crippen LogP contribution in [-0.4, -0.2) is 55.5 Å². The van der Waals surface area contributed by atoms with E-state index >= 15 is 0 Å². The molecule has 1 aliphatic rings. The second-order valence-corrected chi connectivity index (χ2v) is 10.5. The zero-order valence-corrected chi connectivity index (χ0v) is 22.0. The lowest BCUT2D eigenvalue weighted by Crippen LogP contribution is -2.59. The third-order valence-corrected chi connectivity index (χ3v) is 5.84. The number of hydrogen-bond donors (Lipinski definition) is 2. The van der Waals surface area contributed by atoms with Gasteiger partial charge in [-0.05, 0) is 52.3 Å². The summed E-state index contributed by atoms with van der Waals surface area (Å²) >= 11 is 0. The van der Waals surface area contributed by atoms with Crippen molar-refractivity contribution in [2.75, 3.05) is 18.4 Å². The van der Waals surface area contributed by atoms with Gasteiger partial charge in [-0.1, -0.05) is 12.1 Å². The molecule has 3 aromatic rings. The van der Waals surface area contributed by atoms with Crippen LogP contribution in [-0.2, 0) is 17.5 Å². The maximum absolute atomic E-state index is 14.0. The summed E-state index contributed by atoms with van der Waals surface area (Å²) in [7, 11) is 0. The van der Waals surface area contributed by atoms with Gasteiger partial charge in [0.15, 0.2) is 0 Å². The molecule has 2 amide bonds. The summed E-state index contributed by atoms with van der Waals surface area (Å²) in [5.41, 5.74) is 0.0707. The highest BCUT2D eigenvalue weighted by Gasteiger charge is 2.36. The zero-order chi connectivity index (χ0) is 27.7. The number of amides is 2.